The molecule has 1 aliphatic rings. The van der Waals surface area contributed by atoms with Crippen LogP contribution in [0.2, 0.25) is 0 Å². The Balaban J connectivity index is 2.25. The first-order valence-electron chi connectivity index (χ1n) is 4.37. The Morgan fingerprint density at radius 2 is 2.00 bits per heavy atom. The van der Waals surface area contributed by atoms with Crippen molar-refractivity contribution in [2.75, 3.05) is 12.0 Å². The fourth-order valence-electron chi connectivity index (χ4n) is 1.48. The summed E-state index contributed by atoms with van der Waals surface area (Å²) in [5.74, 6) is 0.882. The molecule has 1 aromatic carbocycles. The number of rotatable bonds is 2. The molecule has 0 atom stereocenters. The highest BCUT2D eigenvalue weighted by Crippen LogP contribution is 2.30. The number of nitrogens with zero attached hydrogens (tertiary/aromatic N) is 1. The Kier molecular flexibility index (Phi) is 2.00. The van der Waals surface area contributed by atoms with E-state index in [4.69, 9.17) is 4.74 Å². The molecule has 2 rings (SSSR count). The first-order valence-corrected chi connectivity index (χ1v) is 4.37. The van der Waals surface area contributed by atoms with Crippen molar-refractivity contribution in [2.45, 2.75) is 6.42 Å². The summed E-state index contributed by atoms with van der Waals surface area (Å²) in [5, 5.41) is 0. The largest absolute Gasteiger partial charge is 0.497 e. The van der Waals surface area contributed by atoms with E-state index in [9.17, 15) is 4.79 Å². The van der Waals surface area contributed by atoms with Gasteiger partial charge in [0.1, 0.15) is 5.75 Å². The molecule has 1 aromatic rings. The topological polar surface area (TPSA) is 29.5 Å². The molecule has 1 fully saturated rings. The van der Waals surface area contributed by atoms with Crippen LogP contribution in [0.1, 0.15) is 6.42 Å². The van der Waals surface area contributed by atoms with Gasteiger partial charge in [-0.25, -0.2) is 0 Å². The van der Waals surface area contributed by atoms with Crippen LogP contribution in [-0.2, 0) is 4.79 Å². The number of hydrogen-bond donors (Lipinski definition) is 0. The zero-order valence-corrected chi connectivity index (χ0v) is 7.99. The maximum atomic E-state index is 11.2. The molecule has 3 heteroatoms. The van der Waals surface area contributed by atoms with Gasteiger partial charge in [-0.3, -0.25) is 9.69 Å². The molecule has 0 spiro atoms. The highest BCUT2D eigenvalue weighted by Gasteiger charge is 2.29. The predicted molar refractivity (Wildman–Crippen MR) is 54.2 cm³/mol. The molecule has 3 nitrogen and oxygen atoms in total. The minimum absolute atomic E-state index is 0.0974. The van der Waals surface area contributed by atoms with Crippen molar-refractivity contribution in [2.24, 2.45) is 0 Å². The molecule has 1 aliphatic heterocycles. The molecular weight excluding hydrogens is 178 g/mol. The Morgan fingerprint density at radius 1 is 1.36 bits per heavy atom. The summed E-state index contributed by atoms with van der Waals surface area (Å²) in [5.41, 5.74) is 1.70. The maximum Gasteiger partial charge on any atom is 0.237 e. The smallest absolute Gasteiger partial charge is 0.237 e. The number of amides is 1. The lowest BCUT2D eigenvalue weighted by Crippen LogP contribution is -2.40. The number of carbonyl (C=O) groups is 1. The van der Waals surface area contributed by atoms with Crippen LogP contribution in [0.25, 0.3) is 0 Å². The highest BCUT2D eigenvalue weighted by atomic mass is 16.5. The number of benzene rings is 1. The first kappa shape index (κ1) is 8.81. The van der Waals surface area contributed by atoms with Gasteiger partial charge in [-0.15, -0.1) is 0 Å². The summed E-state index contributed by atoms with van der Waals surface area (Å²) in [6, 6.07) is 7.35. The number of anilines is 1. The lowest BCUT2D eigenvalue weighted by Gasteiger charge is -2.33. The van der Waals surface area contributed by atoms with Gasteiger partial charge in [0.15, 0.2) is 0 Å². The van der Waals surface area contributed by atoms with Crippen molar-refractivity contribution >= 4 is 11.6 Å². The molecule has 0 saturated carbocycles. The monoisotopic (exact) mass is 189 g/mol. The molecule has 1 saturated heterocycles. The van der Waals surface area contributed by atoms with Crippen molar-refractivity contribution in [3.63, 3.8) is 0 Å². The van der Waals surface area contributed by atoms with Crippen molar-refractivity contribution in [3.8, 4) is 5.75 Å². The Morgan fingerprint density at radius 3 is 2.43 bits per heavy atom. The second-order valence-corrected chi connectivity index (χ2v) is 3.17. The number of β-lactam (4-membered cyclic amide) rings is 1. The maximum absolute atomic E-state index is 11.2. The van der Waals surface area contributed by atoms with Gasteiger partial charge in [0.05, 0.1) is 13.5 Å². The molecule has 72 valence electrons. The summed E-state index contributed by atoms with van der Waals surface area (Å²) >= 11 is 0. The number of hydrogen-bond acceptors (Lipinski definition) is 2. The third-order valence-corrected chi connectivity index (χ3v) is 2.25. The summed E-state index contributed by atoms with van der Waals surface area (Å²) < 4.78 is 5.03. The summed E-state index contributed by atoms with van der Waals surface area (Å²) in [4.78, 5) is 12.8. The summed E-state index contributed by atoms with van der Waals surface area (Å²) in [7, 11) is 1.61. The molecule has 0 aliphatic carbocycles. The second-order valence-electron chi connectivity index (χ2n) is 3.17. The molecule has 14 heavy (non-hydrogen) atoms. The van der Waals surface area contributed by atoms with Gasteiger partial charge >= 0.3 is 0 Å². The standard InChI is InChI=1S/C11H11NO2/c1-8-7-11(13)12(8)9-3-5-10(14-2)6-4-9/h3-6H,1,7H2,2H3. The van der Waals surface area contributed by atoms with Gasteiger partial charge in [-0.05, 0) is 24.3 Å². The van der Waals surface area contributed by atoms with E-state index in [-0.39, 0.29) is 5.91 Å². The lowest BCUT2D eigenvalue weighted by atomic mass is 10.1. The van der Waals surface area contributed by atoms with Gasteiger partial charge in [-0.1, -0.05) is 6.58 Å². The average Bonchev–Trinajstić information content (AvgIpc) is 2.18. The summed E-state index contributed by atoms with van der Waals surface area (Å²) in [6.45, 7) is 3.79. The predicted octanol–water partition coefficient (Wildman–Crippen LogP) is 1.95. The Hall–Kier alpha value is -1.77. The van der Waals surface area contributed by atoms with Gasteiger partial charge < -0.3 is 4.74 Å². The third kappa shape index (κ3) is 1.27. The van der Waals surface area contributed by atoms with Crippen LogP contribution in [0.5, 0.6) is 5.75 Å². The lowest BCUT2D eigenvalue weighted by molar-refractivity contribution is -0.120. The van der Waals surface area contributed by atoms with Crippen molar-refractivity contribution in [1.82, 2.24) is 0 Å². The van der Waals surface area contributed by atoms with E-state index >= 15 is 0 Å². The van der Waals surface area contributed by atoms with E-state index in [1.807, 2.05) is 24.3 Å². The van der Waals surface area contributed by atoms with Crippen molar-refractivity contribution in [1.29, 1.82) is 0 Å². The Labute approximate surface area is 82.6 Å². The Bertz CT molecular complexity index is 367. The molecule has 0 N–H and O–H groups in total. The van der Waals surface area contributed by atoms with Crippen LogP contribution in [0.15, 0.2) is 36.5 Å². The van der Waals surface area contributed by atoms with Crippen LogP contribution in [0.4, 0.5) is 5.69 Å². The van der Waals surface area contributed by atoms with Crippen LogP contribution in [-0.4, -0.2) is 13.0 Å². The quantitative estimate of drug-likeness (QED) is 0.665. The minimum atomic E-state index is 0.0974. The SMILES string of the molecule is C=C1CC(=O)N1c1ccc(OC)cc1. The van der Waals surface area contributed by atoms with Gasteiger partial charge in [0.2, 0.25) is 5.91 Å². The number of methoxy groups -OCH3 is 1. The molecule has 0 aromatic heterocycles. The van der Waals surface area contributed by atoms with Gasteiger partial charge in [-0.2, -0.15) is 0 Å². The van der Waals surface area contributed by atoms with Gasteiger partial charge in [0, 0.05) is 11.4 Å². The highest BCUT2D eigenvalue weighted by molar-refractivity contribution is 6.05. The van der Waals surface area contributed by atoms with E-state index in [0.717, 1.165) is 17.1 Å². The molecule has 1 heterocycles. The van der Waals surface area contributed by atoms with E-state index < -0.39 is 0 Å². The van der Waals surface area contributed by atoms with Crippen LogP contribution in [0.3, 0.4) is 0 Å². The zero-order valence-electron chi connectivity index (χ0n) is 7.99. The average molecular weight is 189 g/mol. The van der Waals surface area contributed by atoms with Crippen molar-refractivity contribution < 1.29 is 9.53 Å². The molecular formula is C11H11NO2. The van der Waals surface area contributed by atoms with E-state index in [2.05, 4.69) is 6.58 Å². The fourth-order valence-corrected chi connectivity index (χ4v) is 1.48. The van der Waals surface area contributed by atoms with E-state index in [1.54, 1.807) is 12.0 Å². The second kappa shape index (κ2) is 3.18. The summed E-state index contributed by atoms with van der Waals surface area (Å²) in [6.07, 6.45) is 0.464. The fraction of sp³-hybridized carbons (Fsp3) is 0.182. The number of ether oxygens (including phenoxy) is 1. The minimum Gasteiger partial charge on any atom is -0.497 e. The van der Waals surface area contributed by atoms with E-state index in [0.29, 0.717) is 6.42 Å². The molecule has 0 bridgehead atoms. The van der Waals surface area contributed by atoms with E-state index in [1.165, 1.54) is 0 Å². The van der Waals surface area contributed by atoms with Crippen LogP contribution < -0.4 is 9.64 Å². The zero-order chi connectivity index (χ0) is 10.1. The molecule has 0 radical (unpaired) electrons. The normalized spacial score (nSPS) is 15.4. The van der Waals surface area contributed by atoms with Gasteiger partial charge in [0.25, 0.3) is 0 Å². The molecule has 1 amide bonds. The van der Waals surface area contributed by atoms with Crippen LogP contribution >= 0.6 is 0 Å². The van der Waals surface area contributed by atoms with Crippen LogP contribution in [0, 0.1) is 0 Å². The first-order chi connectivity index (χ1) is 6.72. The third-order valence-electron chi connectivity index (χ3n) is 2.25. The molecule has 0 unspecified atom stereocenters. The number of carbonyl (C=O) groups excluding carboxylic acids is 1. The van der Waals surface area contributed by atoms with Crippen molar-refractivity contribution in [3.05, 3.63) is 36.5 Å².